The highest BCUT2D eigenvalue weighted by Gasteiger charge is 2.22. The van der Waals surface area contributed by atoms with E-state index in [-0.39, 0.29) is 24.7 Å². The SMILES string of the molecule is C=CCN(CCO)c1nccc(C)c1[N+](=O)[O-]. The molecule has 0 aliphatic carbocycles. The highest BCUT2D eigenvalue weighted by atomic mass is 16.6. The van der Waals surface area contributed by atoms with E-state index in [0.717, 1.165) is 0 Å². The summed E-state index contributed by atoms with van der Waals surface area (Å²) in [6, 6.07) is 1.59. The summed E-state index contributed by atoms with van der Waals surface area (Å²) >= 11 is 0. The molecule has 0 atom stereocenters. The van der Waals surface area contributed by atoms with Gasteiger partial charge < -0.3 is 10.0 Å². The molecule has 1 aromatic heterocycles. The second kappa shape index (κ2) is 5.95. The van der Waals surface area contributed by atoms with E-state index in [1.165, 1.54) is 6.20 Å². The molecule has 1 N–H and O–H groups in total. The predicted molar refractivity (Wildman–Crippen MR) is 65.1 cm³/mol. The summed E-state index contributed by atoms with van der Waals surface area (Å²) in [6.07, 6.45) is 3.13. The first-order chi connectivity index (χ1) is 8.11. The quantitative estimate of drug-likeness (QED) is 0.458. The van der Waals surface area contributed by atoms with Crippen LogP contribution < -0.4 is 4.90 Å². The minimum absolute atomic E-state index is 0.0252. The Bertz CT molecular complexity index is 420. The van der Waals surface area contributed by atoms with E-state index in [1.807, 2.05) is 0 Å². The van der Waals surface area contributed by atoms with E-state index in [2.05, 4.69) is 11.6 Å². The van der Waals surface area contributed by atoms with Gasteiger partial charge in [0.1, 0.15) is 0 Å². The van der Waals surface area contributed by atoms with Gasteiger partial charge in [0.05, 0.1) is 11.5 Å². The lowest BCUT2D eigenvalue weighted by atomic mass is 10.2. The molecule has 0 amide bonds. The lowest BCUT2D eigenvalue weighted by molar-refractivity contribution is -0.384. The van der Waals surface area contributed by atoms with Crippen LogP contribution in [0.5, 0.6) is 0 Å². The molecule has 0 aromatic carbocycles. The van der Waals surface area contributed by atoms with Crippen molar-refractivity contribution < 1.29 is 10.0 Å². The molecule has 0 saturated heterocycles. The van der Waals surface area contributed by atoms with Gasteiger partial charge in [0.25, 0.3) is 0 Å². The van der Waals surface area contributed by atoms with Crippen LogP contribution in [0.2, 0.25) is 0 Å². The fraction of sp³-hybridized carbons (Fsp3) is 0.364. The number of nitro groups is 1. The zero-order valence-corrected chi connectivity index (χ0v) is 9.67. The standard InChI is InChI=1S/C11H15N3O3/c1-3-6-13(7-8-15)11-10(14(16)17)9(2)4-5-12-11/h3-5,15H,1,6-8H2,2H3. The largest absolute Gasteiger partial charge is 0.395 e. The van der Waals surface area contributed by atoms with Crippen molar-refractivity contribution in [2.24, 2.45) is 0 Å². The number of rotatable bonds is 6. The van der Waals surface area contributed by atoms with Crippen LogP contribution in [0.1, 0.15) is 5.56 Å². The number of aromatic nitrogens is 1. The van der Waals surface area contributed by atoms with Crippen molar-refractivity contribution >= 4 is 11.5 Å². The number of aliphatic hydroxyl groups is 1. The fourth-order valence-corrected chi connectivity index (χ4v) is 1.55. The molecule has 0 unspecified atom stereocenters. The fourth-order valence-electron chi connectivity index (χ4n) is 1.55. The van der Waals surface area contributed by atoms with Crippen LogP contribution in [-0.2, 0) is 0 Å². The minimum atomic E-state index is -0.453. The number of aryl methyl sites for hydroxylation is 1. The van der Waals surface area contributed by atoms with Gasteiger partial charge in [0.2, 0.25) is 5.82 Å². The monoisotopic (exact) mass is 237 g/mol. The molecule has 0 radical (unpaired) electrons. The average Bonchev–Trinajstić information content (AvgIpc) is 2.28. The van der Waals surface area contributed by atoms with Gasteiger partial charge in [0.15, 0.2) is 0 Å². The van der Waals surface area contributed by atoms with E-state index in [1.54, 1.807) is 24.0 Å². The summed E-state index contributed by atoms with van der Waals surface area (Å²) in [6.45, 7) is 5.83. The Morgan fingerprint density at radius 1 is 1.71 bits per heavy atom. The maximum absolute atomic E-state index is 11.0. The molecule has 92 valence electrons. The van der Waals surface area contributed by atoms with Crippen LogP contribution >= 0.6 is 0 Å². The van der Waals surface area contributed by atoms with Gasteiger partial charge in [-0.25, -0.2) is 4.98 Å². The molecule has 6 heteroatoms. The van der Waals surface area contributed by atoms with E-state index in [4.69, 9.17) is 5.11 Å². The second-order valence-corrected chi connectivity index (χ2v) is 3.52. The maximum atomic E-state index is 11.0. The first-order valence-electron chi connectivity index (χ1n) is 5.18. The summed E-state index contributed by atoms with van der Waals surface area (Å²) in [7, 11) is 0. The maximum Gasteiger partial charge on any atom is 0.314 e. The number of anilines is 1. The van der Waals surface area contributed by atoms with Crippen LogP contribution in [0.25, 0.3) is 0 Å². The van der Waals surface area contributed by atoms with Crippen molar-refractivity contribution in [3.05, 3.63) is 40.6 Å². The van der Waals surface area contributed by atoms with Gasteiger partial charge >= 0.3 is 5.69 Å². The van der Waals surface area contributed by atoms with Gasteiger partial charge in [-0.1, -0.05) is 6.08 Å². The molecule has 0 aliphatic heterocycles. The van der Waals surface area contributed by atoms with Crippen LogP contribution in [-0.4, -0.2) is 34.7 Å². The highest BCUT2D eigenvalue weighted by molar-refractivity contribution is 5.61. The third-order valence-electron chi connectivity index (χ3n) is 2.31. The molecule has 6 nitrogen and oxygen atoms in total. The summed E-state index contributed by atoms with van der Waals surface area (Å²) in [4.78, 5) is 16.2. The van der Waals surface area contributed by atoms with Gasteiger partial charge in [0, 0.05) is 24.8 Å². The van der Waals surface area contributed by atoms with Gasteiger partial charge in [-0.3, -0.25) is 10.1 Å². The summed E-state index contributed by atoms with van der Waals surface area (Å²) in [5.41, 5.74) is 0.523. The Morgan fingerprint density at radius 3 is 2.94 bits per heavy atom. The molecule has 0 fully saturated rings. The molecular weight excluding hydrogens is 222 g/mol. The smallest absolute Gasteiger partial charge is 0.314 e. The van der Waals surface area contributed by atoms with Crippen molar-refractivity contribution in [2.45, 2.75) is 6.92 Å². The molecule has 1 rings (SSSR count). The van der Waals surface area contributed by atoms with Gasteiger partial charge in [-0.2, -0.15) is 0 Å². The topological polar surface area (TPSA) is 79.5 Å². The number of hydrogen-bond donors (Lipinski definition) is 1. The van der Waals surface area contributed by atoms with Gasteiger partial charge in [-0.05, 0) is 13.0 Å². The Kier molecular flexibility index (Phi) is 4.59. The Morgan fingerprint density at radius 2 is 2.41 bits per heavy atom. The minimum Gasteiger partial charge on any atom is -0.395 e. The Balaban J connectivity index is 3.21. The summed E-state index contributed by atoms with van der Waals surface area (Å²) < 4.78 is 0. The third-order valence-corrected chi connectivity index (χ3v) is 2.31. The molecular formula is C11H15N3O3. The Labute approximate surface area is 99.4 Å². The normalized spacial score (nSPS) is 10.0. The van der Waals surface area contributed by atoms with Crippen molar-refractivity contribution in [3.63, 3.8) is 0 Å². The van der Waals surface area contributed by atoms with E-state index >= 15 is 0 Å². The van der Waals surface area contributed by atoms with Crippen molar-refractivity contribution in [2.75, 3.05) is 24.6 Å². The van der Waals surface area contributed by atoms with E-state index in [9.17, 15) is 10.1 Å². The third kappa shape index (κ3) is 3.01. The van der Waals surface area contributed by atoms with Gasteiger partial charge in [-0.15, -0.1) is 6.58 Å². The lowest BCUT2D eigenvalue weighted by Crippen LogP contribution is -2.28. The highest BCUT2D eigenvalue weighted by Crippen LogP contribution is 2.28. The van der Waals surface area contributed by atoms with Crippen molar-refractivity contribution in [3.8, 4) is 0 Å². The molecule has 0 spiro atoms. The second-order valence-electron chi connectivity index (χ2n) is 3.52. The van der Waals surface area contributed by atoms with E-state index in [0.29, 0.717) is 12.1 Å². The zero-order valence-electron chi connectivity index (χ0n) is 9.67. The van der Waals surface area contributed by atoms with E-state index < -0.39 is 4.92 Å². The lowest BCUT2D eigenvalue weighted by Gasteiger charge is -2.20. The first kappa shape index (κ1) is 13.1. The predicted octanol–water partition coefficient (Wildman–Crippen LogP) is 1.28. The number of hydrogen-bond acceptors (Lipinski definition) is 5. The zero-order chi connectivity index (χ0) is 12.8. The first-order valence-corrected chi connectivity index (χ1v) is 5.18. The van der Waals surface area contributed by atoms with Crippen LogP contribution in [0.15, 0.2) is 24.9 Å². The molecule has 0 bridgehead atoms. The molecule has 1 aromatic rings. The number of nitrogens with zero attached hydrogens (tertiary/aromatic N) is 3. The summed E-state index contributed by atoms with van der Waals surface area (Å²) in [5.74, 6) is 0.268. The average molecular weight is 237 g/mol. The molecule has 0 aliphatic rings. The molecule has 1 heterocycles. The van der Waals surface area contributed by atoms with Crippen LogP contribution in [0.3, 0.4) is 0 Å². The summed E-state index contributed by atoms with van der Waals surface area (Å²) in [5, 5.41) is 20.0. The Hall–Kier alpha value is -1.95. The molecule has 17 heavy (non-hydrogen) atoms. The van der Waals surface area contributed by atoms with Crippen LogP contribution in [0.4, 0.5) is 11.5 Å². The molecule has 0 saturated carbocycles. The van der Waals surface area contributed by atoms with Crippen molar-refractivity contribution in [1.82, 2.24) is 4.98 Å². The van der Waals surface area contributed by atoms with Crippen molar-refractivity contribution in [1.29, 1.82) is 0 Å². The number of aliphatic hydroxyl groups excluding tert-OH is 1. The number of pyridine rings is 1. The van der Waals surface area contributed by atoms with Crippen LogP contribution in [0, 0.1) is 17.0 Å².